The number of nitrogens with one attached hydrogen (secondary N) is 1. The standard InChI is InChI=1S/C11H16ClN3O/c1-4-5-6-13-9-7-14-15(8(2)3)11(16)10(9)12/h4,7-8,13H,1,5-6H2,2-3H3. The number of nitrogens with zero attached hydrogens (tertiary/aromatic N) is 2. The van der Waals surface area contributed by atoms with Crippen LogP contribution in [0.3, 0.4) is 0 Å². The quantitative estimate of drug-likeness (QED) is 0.636. The van der Waals surface area contributed by atoms with Crippen molar-refractivity contribution >= 4 is 17.3 Å². The van der Waals surface area contributed by atoms with Gasteiger partial charge in [0.2, 0.25) is 0 Å². The van der Waals surface area contributed by atoms with Crippen LogP contribution < -0.4 is 10.9 Å². The molecule has 0 saturated heterocycles. The molecule has 1 rings (SSSR count). The number of rotatable bonds is 5. The summed E-state index contributed by atoms with van der Waals surface area (Å²) < 4.78 is 1.36. The van der Waals surface area contributed by atoms with Crippen molar-refractivity contribution in [1.82, 2.24) is 9.78 Å². The van der Waals surface area contributed by atoms with E-state index in [-0.39, 0.29) is 16.6 Å². The molecule has 5 heteroatoms. The SMILES string of the molecule is C=CCCNc1cnn(C(C)C)c(=O)c1Cl. The molecule has 4 nitrogen and oxygen atoms in total. The van der Waals surface area contributed by atoms with Gasteiger partial charge >= 0.3 is 0 Å². The number of halogens is 1. The number of hydrogen-bond donors (Lipinski definition) is 1. The molecule has 0 bridgehead atoms. The molecule has 0 atom stereocenters. The number of aromatic nitrogens is 2. The van der Waals surface area contributed by atoms with E-state index in [0.717, 1.165) is 6.42 Å². The van der Waals surface area contributed by atoms with E-state index in [1.165, 1.54) is 4.68 Å². The van der Waals surface area contributed by atoms with Crippen LogP contribution in [0.15, 0.2) is 23.6 Å². The summed E-state index contributed by atoms with van der Waals surface area (Å²) in [5.74, 6) is 0. The first kappa shape index (κ1) is 12.8. The Hall–Kier alpha value is -1.29. The highest BCUT2D eigenvalue weighted by Gasteiger charge is 2.10. The highest BCUT2D eigenvalue weighted by Crippen LogP contribution is 2.16. The third kappa shape index (κ3) is 2.85. The summed E-state index contributed by atoms with van der Waals surface area (Å²) in [5.41, 5.74) is 0.311. The molecular formula is C11H16ClN3O. The Morgan fingerprint density at radius 2 is 2.38 bits per heavy atom. The molecule has 1 aromatic rings. The van der Waals surface area contributed by atoms with Gasteiger partial charge in [0.25, 0.3) is 5.56 Å². The Balaban J connectivity index is 2.93. The maximum atomic E-state index is 11.8. The molecule has 0 unspecified atom stereocenters. The fraction of sp³-hybridized carbons (Fsp3) is 0.455. The van der Waals surface area contributed by atoms with Gasteiger partial charge in [0.1, 0.15) is 5.02 Å². The number of anilines is 1. The Bertz CT molecular complexity index is 426. The largest absolute Gasteiger partial charge is 0.382 e. The molecule has 0 saturated carbocycles. The van der Waals surface area contributed by atoms with Crippen molar-refractivity contribution in [2.45, 2.75) is 26.3 Å². The van der Waals surface area contributed by atoms with Crippen LogP contribution in [0.25, 0.3) is 0 Å². The van der Waals surface area contributed by atoms with Crippen LogP contribution in [0.2, 0.25) is 5.02 Å². The van der Waals surface area contributed by atoms with Crippen LogP contribution in [0.1, 0.15) is 26.3 Å². The van der Waals surface area contributed by atoms with Gasteiger partial charge in [-0.3, -0.25) is 4.79 Å². The third-order valence-corrected chi connectivity index (χ3v) is 2.46. The fourth-order valence-corrected chi connectivity index (χ4v) is 1.45. The normalized spacial score (nSPS) is 10.5. The van der Waals surface area contributed by atoms with Crippen molar-refractivity contribution in [3.63, 3.8) is 0 Å². The molecule has 0 spiro atoms. The lowest BCUT2D eigenvalue weighted by atomic mass is 10.3. The first-order valence-corrected chi connectivity index (χ1v) is 5.57. The van der Waals surface area contributed by atoms with E-state index in [1.807, 2.05) is 13.8 Å². The van der Waals surface area contributed by atoms with E-state index in [1.54, 1.807) is 12.3 Å². The molecule has 0 aliphatic carbocycles. The molecule has 0 amide bonds. The zero-order valence-electron chi connectivity index (χ0n) is 9.53. The molecule has 0 radical (unpaired) electrons. The highest BCUT2D eigenvalue weighted by molar-refractivity contribution is 6.32. The zero-order chi connectivity index (χ0) is 12.1. The zero-order valence-corrected chi connectivity index (χ0v) is 10.3. The minimum absolute atomic E-state index is 0.00669. The monoisotopic (exact) mass is 241 g/mol. The molecule has 1 aromatic heterocycles. The number of hydrogen-bond acceptors (Lipinski definition) is 3. The fourth-order valence-electron chi connectivity index (χ4n) is 1.24. The van der Waals surface area contributed by atoms with E-state index in [0.29, 0.717) is 12.2 Å². The van der Waals surface area contributed by atoms with Gasteiger partial charge in [-0.25, -0.2) is 4.68 Å². The van der Waals surface area contributed by atoms with Crippen molar-refractivity contribution in [2.75, 3.05) is 11.9 Å². The van der Waals surface area contributed by atoms with Gasteiger partial charge in [-0.2, -0.15) is 5.10 Å². The maximum absolute atomic E-state index is 11.8. The van der Waals surface area contributed by atoms with Crippen molar-refractivity contribution in [2.24, 2.45) is 0 Å². The van der Waals surface area contributed by atoms with Crippen molar-refractivity contribution in [3.8, 4) is 0 Å². The second-order valence-corrected chi connectivity index (χ2v) is 4.10. The van der Waals surface area contributed by atoms with Crippen LogP contribution in [0.4, 0.5) is 5.69 Å². The average Bonchev–Trinajstić information content (AvgIpc) is 2.24. The summed E-state index contributed by atoms with van der Waals surface area (Å²) >= 11 is 5.96. The van der Waals surface area contributed by atoms with Gasteiger partial charge in [0.15, 0.2) is 0 Å². The van der Waals surface area contributed by atoms with Gasteiger partial charge in [0, 0.05) is 6.54 Å². The van der Waals surface area contributed by atoms with Crippen molar-refractivity contribution in [3.05, 3.63) is 34.2 Å². The van der Waals surface area contributed by atoms with E-state index in [9.17, 15) is 4.79 Å². The Kier molecular flexibility index (Phi) is 4.55. The van der Waals surface area contributed by atoms with Gasteiger partial charge in [-0.05, 0) is 20.3 Å². The van der Waals surface area contributed by atoms with E-state index in [2.05, 4.69) is 17.0 Å². The first-order chi connectivity index (χ1) is 7.57. The van der Waals surface area contributed by atoms with Crippen LogP contribution in [0.5, 0.6) is 0 Å². The lowest BCUT2D eigenvalue weighted by Gasteiger charge is -2.11. The first-order valence-electron chi connectivity index (χ1n) is 5.20. The molecule has 0 aliphatic heterocycles. The van der Waals surface area contributed by atoms with E-state index in [4.69, 9.17) is 11.6 Å². The van der Waals surface area contributed by atoms with Gasteiger partial charge in [-0.15, -0.1) is 6.58 Å². The van der Waals surface area contributed by atoms with Gasteiger partial charge < -0.3 is 5.32 Å². The van der Waals surface area contributed by atoms with Gasteiger partial charge in [-0.1, -0.05) is 17.7 Å². The molecule has 0 aliphatic rings. The summed E-state index contributed by atoms with van der Waals surface area (Å²) in [5, 5.41) is 7.28. The van der Waals surface area contributed by atoms with Crippen molar-refractivity contribution < 1.29 is 0 Å². The Labute approximate surface area is 99.9 Å². The smallest absolute Gasteiger partial charge is 0.287 e. The predicted octanol–water partition coefficient (Wildman–Crippen LogP) is 2.47. The topological polar surface area (TPSA) is 46.9 Å². The molecule has 1 N–H and O–H groups in total. The highest BCUT2D eigenvalue weighted by atomic mass is 35.5. The predicted molar refractivity (Wildman–Crippen MR) is 67.2 cm³/mol. The molecule has 0 fully saturated rings. The summed E-state index contributed by atoms with van der Waals surface area (Å²) in [4.78, 5) is 11.8. The molecule has 88 valence electrons. The Morgan fingerprint density at radius 1 is 1.69 bits per heavy atom. The average molecular weight is 242 g/mol. The second-order valence-electron chi connectivity index (χ2n) is 3.72. The summed E-state index contributed by atoms with van der Waals surface area (Å²) in [6, 6.07) is 0.00669. The molecule has 1 heterocycles. The minimum atomic E-state index is -0.264. The van der Waals surface area contributed by atoms with Crippen LogP contribution in [0, 0.1) is 0 Å². The summed E-state index contributed by atoms with van der Waals surface area (Å²) in [6.07, 6.45) is 4.18. The van der Waals surface area contributed by atoms with Crippen LogP contribution in [-0.4, -0.2) is 16.3 Å². The van der Waals surface area contributed by atoms with Crippen LogP contribution >= 0.6 is 11.6 Å². The molecular weight excluding hydrogens is 226 g/mol. The second kappa shape index (κ2) is 5.70. The Morgan fingerprint density at radius 3 is 2.94 bits per heavy atom. The summed E-state index contributed by atoms with van der Waals surface area (Å²) in [7, 11) is 0. The lowest BCUT2D eigenvalue weighted by Crippen LogP contribution is -2.25. The van der Waals surface area contributed by atoms with Crippen LogP contribution in [-0.2, 0) is 0 Å². The van der Waals surface area contributed by atoms with E-state index >= 15 is 0 Å². The summed E-state index contributed by atoms with van der Waals surface area (Å²) in [6.45, 7) is 8.07. The van der Waals surface area contributed by atoms with Gasteiger partial charge in [0.05, 0.1) is 17.9 Å². The maximum Gasteiger partial charge on any atom is 0.287 e. The molecule has 16 heavy (non-hydrogen) atoms. The lowest BCUT2D eigenvalue weighted by molar-refractivity contribution is 0.503. The minimum Gasteiger partial charge on any atom is -0.382 e. The van der Waals surface area contributed by atoms with E-state index < -0.39 is 0 Å². The van der Waals surface area contributed by atoms with Crippen molar-refractivity contribution in [1.29, 1.82) is 0 Å². The third-order valence-electron chi connectivity index (χ3n) is 2.10. The molecule has 0 aromatic carbocycles.